The SMILES string of the molecule is CCCC(NC(=O)C(C)C(N)c1ccccc1)C(=O)N1CCc2sccc2C1. The third-order valence-corrected chi connectivity index (χ3v) is 6.47. The highest BCUT2D eigenvalue weighted by Gasteiger charge is 2.31. The third-order valence-electron chi connectivity index (χ3n) is 5.45. The van der Waals surface area contributed by atoms with Gasteiger partial charge in [-0.3, -0.25) is 9.59 Å². The molecule has 0 saturated carbocycles. The summed E-state index contributed by atoms with van der Waals surface area (Å²) in [6.45, 7) is 5.19. The van der Waals surface area contributed by atoms with Crippen LogP contribution in [0.3, 0.4) is 0 Å². The minimum absolute atomic E-state index is 0.00697. The van der Waals surface area contributed by atoms with Crippen LogP contribution in [0.15, 0.2) is 41.8 Å². The molecule has 150 valence electrons. The van der Waals surface area contributed by atoms with Gasteiger partial charge in [-0.25, -0.2) is 0 Å². The monoisotopic (exact) mass is 399 g/mol. The highest BCUT2D eigenvalue weighted by molar-refractivity contribution is 7.10. The predicted molar refractivity (Wildman–Crippen MR) is 113 cm³/mol. The molecule has 0 bridgehead atoms. The van der Waals surface area contributed by atoms with Crippen LogP contribution in [-0.4, -0.2) is 29.3 Å². The Morgan fingerprint density at radius 1 is 1.25 bits per heavy atom. The highest BCUT2D eigenvalue weighted by atomic mass is 32.1. The number of nitrogens with two attached hydrogens (primary N) is 1. The second kappa shape index (κ2) is 9.34. The van der Waals surface area contributed by atoms with Gasteiger partial charge in [0.15, 0.2) is 0 Å². The molecule has 1 aromatic heterocycles. The molecule has 28 heavy (non-hydrogen) atoms. The van der Waals surface area contributed by atoms with Gasteiger partial charge in [0, 0.05) is 24.0 Å². The van der Waals surface area contributed by atoms with Crippen molar-refractivity contribution in [1.82, 2.24) is 10.2 Å². The first kappa shape index (κ1) is 20.6. The van der Waals surface area contributed by atoms with Crippen LogP contribution in [0, 0.1) is 5.92 Å². The average molecular weight is 400 g/mol. The van der Waals surface area contributed by atoms with E-state index in [4.69, 9.17) is 5.73 Å². The van der Waals surface area contributed by atoms with Gasteiger partial charge >= 0.3 is 0 Å². The molecule has 3 unspecified atom stereocenters. The van der Waals surface area contributed by atoms with Crippen LogP contribution in [0.5, 0.6) is 0 Å². The summed E-state index contributed by atoms with van der Waals surface area (Å²) < 4.78 is 0. The van der Waals surface area contributed by atoms with E-state index in [0.29, 0.717) is 19.5 Å². The zero-order chi connectivity index (χ0) is 20.1. The van der Waals surface area contributed by atoms with Crippen molar-refractivity contribution in [3.05, 3.63) is 57.8 Å². The maximum Gasteiger partial charge on any atom is 0.245 e. The first-order valence-corrected chi connectivity index (χ1v) is 10.8. The molecule has 3 rings (SSSR count). The lowest BCUT2D eigenvalue weighted by Crippen LogP contribution is -2.51. The van der Waals surface area contributed by atoms with Gasteiger partial charge in [-0.15, -0.1) is 11.3 Å². The van der Waals surface area contributed by atoms with Gasteiger partial charge in [0.2, 0.25) is 11.8 Å². The molecule has 3 N–H and O–H groups in total. The van der Waals surface area contributed by atoms with E-state index in [1.54, 1.807) is 11.3 Å². The molecule has 1 aliphatic rings. The molecule has 6 heteroatoms. The van der Waals surface area contributed by atoms with Gasteiger partial charge in [-0.1, -0.05) is 50.6 Å². The molecule has 1 aliphatic heterocycles. The van der Waals surface area contributed by atoms with Crippen LogP contribution < -0.4 is 11.1 Å². The Kier molecular flexibility index (Phi) is 6.86. The van der Waals surface area contributed by atoms with Gasteiger partial charge in [0.1, 0.15) is 6.04 Å². The minimum Gasteiger partial charge on any atom is -0.344 e. The van der Waals surface area contributed by atoms with E-state index in [9.17, 15) is 9.59 Å². The van der Waals surface area contributed by atoms with E-state index >= 15 is 0 Å². The molecular formula is C22H29N3O2S. The number of nitrogens with zero attached hydrogens (tertiary/aromatic N) is 1. The number of benzene rings is 1. The fraction of sp³-hybridized carbons (Fsp3) is 0.455. The first-order valence-electron chi connectivity index (χ1n) is 9.96. The van der Waals surface area contributed by atoms with Crippen LogP contribution in [0.1, 0.15) is 48.7 Å². The lowest BCUT2D eigenvalue weighted by molar-refractivity contribution is -0.138. The summed E-state index contributed by atoms with van der Waals surface area (Å²) in [6, 6.07) is 10.8. The largest absolute Gasteiger partial charge is 0.344 e. The fourth-order valence-corrected chi connectivity index (χ4v) is 4.52. The Balaban J connectivity index is 1.65. The number of hydrogen-bond donors (Lipinski definition) is 2. The summed E-state index contributed by atoms with van der Waals surface area (Å²) in [7, 11) is 0. The molecule has 2 amide bonds. The summed E-state index contributed by atoms with van der Waals surface area (Å²) in [6.07, 6.45) is 2.35. The second-order valence-corrected chi connectivity index (χ2v) is 8.45. The molecule has 2 aromatic rings. The van der Waals surface area contributed by atoms with E-state index in [1.165, 1.54) is 10.4 Å². The molecule has 3 atom stereocenters. The smallest absolute Gasteiger partial charge is 0.245 e. The molecule has 0 radical (unpaired) electrons. The normalized spacial score (nSPS) is 16.8. The number of rotatable bonds is 7. The summed E-state index contributed by atoms with van der Waals surface area (Å²) in [4.78, 5) is 29.2. The van der Waals surface area contributed by atoms with Crippen molar-refractivity contribution in [1.29, 1.82) is 0 Å². The van der Waals surface area contributed by atoms with E-state index in [0.717, 1.165) is 18.4 Å². The van der Waals surface area contributed by atoms with Crippen LogP contribution in [-0.2, 0) is 22.6 Å². The summed E-state index contributed by atoms with van der Waals surface area (Å²) in [5.41, 5.74) is 8.44. The van der Waals surface area contributed by atoms with Crippen LogP contribution in [0.25, 0.3) is 0 Å². The van der Waals surface area contributed by atoms with Crippen molar-refractivity contribution in [3.8, 4) is 0 Å². The molecular weight excluding hydrogens is 370 g/mol. The zero-order valence-electron chi connectivity index (χ0n) is 16.6. The Bertz CT molecular complexity index is 805. The lowest BCUT2D eigenvalue weighted by Gasteiger charge is -2.31. The van der Waals surface area contributed by atoms with Crippen molar-refractivity contribution in [2.45, 2.75) is 51.7 Å². The number of carbonyl (C=O) groups is 2. The maximum atomic E-state index is 13.1. The number of carbonyl (C=O) groups excluding carboxylic acids is 2. The lowest BCUT2D eigenvalue weighted by atomic mass is 9.94. The quantitative estimate of drug-likeness (QED) is 0.750. The maximum absolute atomic E-state index is 13.1. The predicted octanol–water partition coefficient (Wildman–Crippen LogP) is 3.25. The number of thiophene rings is 1. The summed E-state index contributed by atoms with van der Waals surface area (Å²) in [5, 5.41) is 5.06. The van der Waals surface area contributed by atoms with E-state index < -0.39 is 18.0 Å². The van der Waals surface area contributed by atoms with Crippen LogP contribution in [0.2, 0.25) is 0 Å². The third kappa shape index (κ3) is 4.62. The zero-order valence-corrected chi connectivity index (χ0v) is 17.4. The van der Waals surface area contributed by atoms with Gasteiger partial charge < -0.3 is 16.0 Å². The molecule has 0 aliphatic carbocycles. The Hall–Kier alpha value is -2.18. The first-order chi connectivity index (χ1) is 13.5. The fourth-order valence-electron chi connectivity index (χ4n) is 3.63. The Morgan fingerprint density at radius 3 is 2.71 bits per heavy atom. The van der Waals surface area contributed by atoms with Gasteiger partial charge in [-0.05, 0) is 35.4 Å². The Labute approximate surface area is 170 Å². The van der Waals surface area contributed by atoms with Crippen LogP contribution in [0.4, 0.5) is 0 Å². The van der Waals surface area contributed by atoms with Crippen LogP contribution >= 0.6 is 11.3 Å². The molecule has 0 saturated heterocycles. The number of fused-ring (bicyclic) bond motifs is 1. The van der Waals surface area contributed by atoms with Gasteiger partial charge in [0.25, 0.3) is 0 Å². The minimum atomic E-state index is -0.497. The number of amides is 2. The van der Waals surface area contributed by atoms with Crippen molar-refractivity contribution in [2.75, 3.05) is 6.54 Å². The van der Waals surface area contributed by atoms with Crippen molar-refractivity contribution >= 4 is 23.2 Å². The standard InChI is InChI=1S/C22H29N3O2S/c1-3-7-18(22(27)25-12-10-19-17(14-25)11-13-28-19)24-21(26)15(2)20(23)16-8-5-4-6-9-16/h4-6,8-9,11,13,15,18,20H,3,7,10,12,14,23H2,1-2H3,(H,24,26). The second-order valence-electron chi connectivity index (χ2n) is 7.45. The molecule has 5 nitrogen and oxygen atoms in total. The number of hydrogen-bond acceptors (Lipinski definition) is 4. The van der Waals surface area contributed by atoms with E-state index in [-0.39, 0.29) is 11.8 Å². The van der Waals surface area contributed by atoms with E-state index in [1.807, 2.05) is 49.1 Å². The van der Waals surface area contributed by atoms with E-state index in [2.05, 4.69) is 16.8 Å². The van der Waals surface area contributed by atoms with Gasteiger partial charge in [-0.2, -0.15) is 0 Å². The highest BCUT2D eigenvalue weighted by Crippen LogP contribution is 2.25. The average Bonchev–Trinajstić information content (AvgIpc) is 3.20. The molecule has 2 heterocycles. The Morgan fingerprint density at radius 2 is 2.00 bits per heavy atom. The van der Waals surface area contributed by atoms with Crippen molar-refractivity contribution in [3.63, 3.8) is 0 Å². The van der Waals surface area contributed by atoms with Crippen molar-refractivity contribution in [2.24, 2.45) is 11.7 Å². The topological polar surface area (TPSA) is 75.4 Å². The molecule has 0 fully saturated rings. The number of nitrogens with one attached hydrogen (secondary N) is 1. The molecule has 1 aromatic carbocycles. The molecule has 0 spiro atoms. The summed E-state index contributed by atoms with van der Waals surface area (Å²) in [5.74, 6) is -0.580. The van der Waals surface area contributed by atoms with Crippen molar-refractivity contribution < 1.29 is 9.59 Å². The summed E-state index contributed by atoms with van der Waals surface area (Å²) >= 11 is 1.75. The van der Waals surface area contributed by atoms with Gasteiger partial charge in [0.05, 0.1) is 5.92 Å².